The molecule has 13 heteroatoms. The van der Waals surface area contributed by atoms with E-state index in [1.54, 1.807) is 19.1 Å². The Morgan fingerprint density at radius 2 is 1.62 bits per heavy atom. The molecule has 0 spiro atoms. The van der Waals surface area contributed by atoms with Crippen molar-refractivity contribution in [3.05, 3.63) is 148 Å². The van der Waals surface area contributed by atoms with Gasteiger partial charge in [-0.1, -0.05) is 113 Å². The largest absolute Gasteiger partial charge is 0.508 e. The first-order valence-electron chi connectivity index (χ1n) is 23.0. The molecule has 0 fully saturated rings. The fraction of sp³-hybridized carbons (Fsp3) is 0.434. The number of halogens is 1. The molecule has 0 radical (unpaired) electrons. The first kappa shape index (κ1) is 48.3. The lowest BCUT2D eigenvalue weighted by atomic mass is 9.58. The van der Waals surface area contributed by atoms with Crippen molar-refractivity contribution in [3.8, 4) is 11.6 Å². The number of nitrogens with zero attached hydrogens (tertiary/aromatic N) is 2. The molecule has 2 N–H and O–H groups in total. The van der Waals surface area contributed by atoms with E-state index in [1.807, 2.05) is 106 Å². The molecule has 350 valence electrons. The van der Waals surface area contributed by atoms with E-state index in [4.69, 9.17) is 18.4 Å². The van der Waals surface area contributed by atoms with Crippen molar-refractivity contribution >= 4 is 25.9 Å². The van der Waals surface area contributed by atoms with Gasteiger partial charge in [0.1, 0.15) is 36.1 Å². The highest BCUT2D eigenvalue weighted by atomic mass is 28.4. The highest BCUT2D eigenvalue weighted by molar-refractivity contribution is 6.74. The van der Waals surface area contributed by atoms with E-state index in [0.717, 1.165) is 17.5 Å². The minimum Gasteiger partial charge on any atom is -0.508 e. The summed E-state index contributed by atoms with van der Waals surface area (Å²) >= 11 is 0. The Morgan fingerprint density at radius 3 is 2.18 bits per heavy atom. The van der Waals surface area contributed by atoms with Gasteiger partial charge < -0.3 is 28.6 Å². The molecule has 66 heavy (non-hydrogen) atoms. The standard InChI is InChI=1S/C53H63FN2O9Si/c1-10-13-24-35(51(60)61)27-37-32(4)46(62-30-33-20-16-14-17-21-33)41-38(43(37)54)28-36-29-39-44(56(25-11-2)26-12-3)47-42(50(55-64-47)63-31-34-22-18-15-19-23-34)49(59)53(39,48(58)40(36)45(41)57)65-66(8,9)52(5,6)7/h11-12,14-23,35-36,39,44,58H,2-3,10,13,24-31H2,1,4-9H3,(H,60,61)/t35?,36-,39-,44-,53-/m0/s1. The number of hydrogen-bond donors (Lipinski definition) is 2. The molecular formula is C53H63FN2O9Si. The number of aliphatic hydroxyl groups is 1. The molecule has 0 amide bonds. The van der Waals surface area contributed by atoms with E-state index in [-0.39, 0.29) is 77.7 Å². The van der Waals surface area contributed by atoms with Crippen molar-refractivity contribution in [1.29, 1.82) is 0 Å². The van der Waals surface area contributed by atoms with Gasteiger partial charge in [0, 0.05) is 30.1 Å². The van der Waals surface area contributed by atoms with Crippen molar-refractivity contribution in [1.82, 2.24) is 10.1 Å². The highest BCUT2D eigenvalue weighted by Gasteiger charge is 2.67. The molecule has 0 saturated carbocycles. The smallest absolute Gasteiger partial charge is 0.306 e. The summed E-state index contributed by atoms with van der Waals surface area (Å²) in [5.74, 6) is -5.83. The van der Waals surface area contributed by atoms with Gasteiger partial charge in [0.05, 0.1) is 17.5 Å². The Morgan fingerprint density at radius 1 is 1.02 bits per heavy atom. The molecular weight excluding hydrogens is 856 g/mol. The predicted octanol–water partition coefficient (Wildman–Crippen LogP) is 11.3. The van der Waals surface area contributed by atoms with E-state index < -0.39 is 71.9 Å². The summed E-state index contributed by atoms with van der Waals surface area (Å²) in [6.07, 6.45) is 5.18. The number of carbonyl (C=O) groups is 3. The van der Waals surface area contributed by atoms with E-state index in [2.05, 4.69) is 18.3 Å². The number of rotatable bonds is 19. The van der Waals surface area contributed by atoms with Gasteiger partial charge in [-0.15, -0.1) is 13.2 Å². The Hall–Kier alpha value is -5.63. The summed E-state index contributed by atoms with van der Waals surface area (Å²) in [6.45, 7) is 22.5. The number of unbranched alkanes of at least 4 members (excludes halogenated alkanes) is 1. The van der Waals surface area contributed by atoms with Crippen molar-refractivity contribution in [2.75, 3.05) is 13.1 Å². The second-order valence-electron chi connectivity index (χ2n) is 19.5. The van der Waals surface area contributed by atoms with Crippen molar-refractivity contribution < 1.29 is 47.4 Å². The van der Waals surface area contributed by atoms with Crippen LogP contribution in [0.25, 0.3) is 0 Å². The number of ketones is 2. The van der Waals surface area contributed by atoms with Crippen LogP contribution < -0.4 is 9.47 Å². The molecule has 4 aromatic rings. The predicted molar refractivity (Wildman–Crippen MR) is 253 cm³/mol. The molecule has 1 unspecified atom stereocenters. The van der Waals surface area contributed by atoms with E-state index >= 15 is 14.0 Å². The number of ether oxygens (including phenoxy) is 2. The maximum atomic E-state index is 17.5. The van der Waals surface area contributed by atoms with E-state index in [9.17, 15) is 15.0 Å². The molecule has 0 aliphatic heterocycles. The van der Waals surface area contributed by atoms with Crippen LogP contribution in [-0.2, 0) is 35.3 Å². The molecule has 7 rings (SSSR count). The Labute approximate surface area is 388 Å². The lowest BCUT2D eigenvalue weighted by Crippen LogP contribution is -2.65. The lowest BCUT2D eigenvalue weighted by molar-refractivity contribution is -0.142. The molecule has 5 atom stereocenters. The van der Waals surface area contributed by atoms with E-state index in [0.29, 0.717) is 31.5 Å². The topological polar surface area (TPSA) is 149 Å². The summed E-state index contributed by atoms with van der Waals surface area (Å²) in [5, 5.41) is 27.5. The van der Waals surface area contributed by atoms with Crippen LogP contribution in [-0.4, -0.2) is 64.8 Å². The lowest BCUT2D eigenvalue weighted by Gasteiger charge is -2.55. The van der Waals surface area contributed by atoms with Crippen LogP contribution in [0.15, 0.2) is 102 Å². The van der Waals surface area contributed by atoms with Gasteiger partial charge in [-0.2, -0.15) is 0 Å². The number of carbonyl (C=O) groups excluding carboxylic acids is 2. The number of fused-ring (bicyclic) bond motifs is 4. The van der Waals surface area contributed by atoms with Crippen LogP contribution in [0.1, 0.15) is 114 Å². The number of Topliss-reactive ketones (excluding diaryl/α,β-unsaturated/α-hetero) is 2. The minimum absolute atomic E-state index is 0.00717. The normalized spacial score (nSPS) is 20.8. The molecule has 0 saturated heterocycles. The SMILES string of the molecule is C=CCN(CC=C)[C@@H]1c2onc(OCc3ccccc3)c2C(=O)[C@@]2(O[Si](C)(C)C(C)(C)C)C(O)=C3C(=O)c4c(c(F)c(CC(CCCC)C(=O)O)c(C)c4OCc4ccccc4)C[C@H]3C[C@@H]12. The third-order valence-corrected chi connectivity index (χ3v) is 18.7. The van der Waals surface area contributed by atoms with Gasteiger partial charge in [0.2, 0.25) is 5.78 Å². The first-order valence-corrected chi connectivity index (χ1v) is 25.9. The van der Waals surface area contributed by atoms with Gasteiger partial charge in [-0.3, -0.25) is 19.3 Å². The molecule has 3 aromatic carbocycles. The molecule has 3 aliphatic rings. The average Bonchev–Trinajstić information content (AvgIpc) is 3.70. The maximum absolute atomic E-state index is 17.5. The number of aliphatic hydroxyl groups excluding tert-OH is 1. The summed E-state index contributed by atoms with van der Waals surface area (Å²) in [5.41, 5.74) is -0.0239. The zero-order valence-corrected chi connectivity index (χ0v) is 40.2. The van der Waals surface area contributed by atoms with Crippen LogP contribution in [0.3, 0.4) is 0 Å². The second-order valence-corrected chi connectivity index (χ2v) is 24.2. The number of allylic oxidation sites excluding steroid dienone is 1. The second kappa shape index (κ2) is 19.3. The number of aromatic nitrogens is 1. The zero-order valence-electron chi connectivity index (χ0n) is 39.2. The number of benzene rings is 3. The van der Waals surface area contributed by atoms with Crippen LogP contribution in [0.4, 0.5) is 4.39 Å². The maximum Gasteiger partial charge on any atom is 0.306 e. The summed E-state index contributed by atoms with van der Waals surface area (Å²) in [7, 11) is -3.07. The fourth-order valence-corrected chi connectivity index (χ4v) is 11.3. The quantitative estimate of drug-likeness (QED) is 0.0684. The Balaban J connectivity index is 1.48. The monoisotopic (exact) mass is 918 g/mol. The van der Waals surface area contributed by atoms with Crippen molar-refractivity contribution in [3.63, 3.8) is 0 Å². The molecule has 11 nitrogen and oxygen atoms in total. The van der Waals surface area contributed by atoms with Gasteiger partial charge in [0.15, 0.2) is 25.5 Å². The number of aliphatic carboxylic acids is 1. The third kappa shape index (κ3) is 8.73. The van der Waals surface area contributed by atoms with Gasteiger partial charge in [-0.25, -0.2) is 4.39 Å². The van der Waals surface area contributed by atoms with Gasteiger partial charge in [-0.05, 0) is 84.1 Å². The Kier molecular flexibility index (Phi) is 14.1. The summed E-state index contributed by atoms with van der Waals surface area (Å²) in [4.78, 5) is 46.1. The van der Waals surface area contributed by atoms with Crippen LogP contribution in [0.5, 0.6) is 11.6 Å². The van der Waals surface area contributed by atoms with Crippen molar-refractivity contribution in [2.45, 2.75) is 116 Å². The van der Waals surface area contributed by atoms with Crippen LogP contribution in [0.2, 0.25) is 18.1 Å². The summed E-state index contributed by atoms with van der Waals surface area (Å²) in [6, 6.07) is 18.0. The molecule has 1 heterocycles. The average molecular weight is 919 g/mol. The fourth-order valence-electron chi connectivity index (χ4n) is 9.83. The first-order chi connectivity index (χ1) is 31.4. The van der Waals surface area contributed by atoms with Gasteiger partial charge in [0.25, 0.3) is 5.88 Å². The van der Waals surface area contributed by atoms with E-state index in [1.165, 1.54) is 0 Å². The number of carboxylic acids is 1. The number of hydrogen-bond acceptors (Lipinski definition) is 10. The highest BCUT2D eigenvalue weighted by Crippen LogP contribution is 2.60. The minimum atomic E-state index is -3.07. The summed E-state index contributed by atoms with van der Waals surface area (Å²) < 4.78 is 43.9. The van der Waals surface area contributed by atoms with Crippen LogP contribution in [0, 0.1) is 30.5 Å². The Bertz CT molecular complexity index is 2520. The molecule has 1 aromatic heterocycles. The third-order valence-electron chi connectivity index (χ3n) is 14.2. The van der Waals surface area contributed by atoms with Gasteiger partial charge >= 0.3 is 5.97 Å². The molecule has 0 bridgehead atoms. The molecule has 3 aliphatic carbocycles. The van der Waals surface area contributed by atoms with Crippen molar-refractivity contribution in [2.24, 2.45) is 17.8 Å². The number of carboxylic acid groups (broad SMARTS) is 1. The zero-order chi connectivity index (χ0) is 47.7. The van der Waals surface area contributed by atoms with Crippen LogP contribution >= 0.6 is 0 Å².